The van der Waals surface area contributed by atoms with Crippen LogP contribution < -0.4 is 11.1 Å². The Balaban J connectivity index is 2.84. The summed E-state index contributed by atoms with van der Waals surface area (Å²) in [6.07, 6.45) is 4.11. The standard InChI is InChI=1S/C13H21N3S/c1-4-10(5-2)8-16-13-11(12(14)17)9(3)6-7-15-13/h6-7,10H,4-5,8H2,1-3H3,(H2,14,17)(H,15,16). The van der Waals surface area contributed by atoms with Gasteiger partial charge in [0.1, 0.15) is 10.8 Å². The quantitative estimate of drug-likeness (QED) is 0.763. The first kappa shape index (κ1) is 13.9. The van der Waals surface area contributed by atoms with Crippen molar-refractivity contribution in [1.82, 2.24) is 4.98 Å². The highest BCUT2D eigenvalue weighted by Gasteiger charge is 2.11. The van der Waals surface area contributed by atoms with E-state index < -0.39 is 0 Å². The zero-order chi connectivity index (χ0) is 12.8. The average molecular weight is 251 g/mol. The number of aromatic nitrogens is 1. The number of rotatable bonds is 6. The van der Waals surface area contributed by atoms with Gasteiger partial charge in [-0.25, -0.2) is 4.98 Å². The molecule has 0 fully saturated rings. The molecule has 0 unspecified atom stereocenters. The molecule has 0 saturated carbocycles. The molecule has 94 valence electrons. The van der Waals surface area contributed by atoms with Crippen LogP contribution in [0, 0.1) is 12.8 Å². The van der Waals surface area contributed by atoms with E-state index in [2.05, 4.69) is 24.1 Å². The van der Waals surface area contributed by atoms with Crippen LogP contribution in [0.2, 0.25) is 0 Å². The number of thiocarbonyl (C=S) groups is 1. The van der Waals surface area contributed by atoms with Crippen molar-refractivity contribution in [3.8, 4) is 0 Å². The van der Waals surface area contributed by atoms with Crippen LogP contribution >= 0.6 is 12.2 Å². The number of nitrogens with zero attached hydrogens (tertiary/aromatic N) is 1. The largest absolute Gasteiger partial charge is 0.389 e. The summed E-state index contributed by atoms with van der Waals surface area (Å²) >= 11 is 5.07. The van der Waals surface area contributed by atoms with Gasteiger partial charge in [0.2, 0.25) is 0 Å². The summed E-state index contributed by atoms with van der Waals surface area (Å²) in [7, 11) is 0. The number of nitrogens with one attached hydrogen (secondary N) is 1. The van der Waals surface area contributed by atoms with Gasteiger partial charge >= 0.3 is 0 Å². The lowest BCUT2D eigenvalue weighted by molar-refractivity contribution is 0.518. The molecule has 1 heterocycles. The molecular weight excluding hydrogens is 230 g/mol. The molecule has 0 aliphatic carbocycles. The van der Waals surface area contributed by atoms with Crippen LogP contribution in [0.3, 0.4) is 0 Å². The van der Waals surface area contributed by atoms with E-state index in [-0.39, 0.29) is 0 Å². The van der Waals surface area contributed by atoms with E-state index >= 15 is 0 Å². The van der Waals surface area contributed by atoms with Crippen LogP contribution in [-0.4, -0.2) is 16.5 Å². The molecule has 3 N–H and O–H groups in total. The van der Waals surface area contributed by atoms with Crippen LogP contribution in [0.15, 0.2) is 12.3 Å². The van der Waals surface area contributed by atoms with Crippen LogP contribution in [-0.2, 0) is 0 Å². The smallest absolute Gasteiger partial charge is 0.136 e. The van der Waals surface area contributed by atoms with E-state index in [1.807, 2.05) is 13.0 Å². The number of hydrogen-bond acceptors (Lipinski definition) is 3. The molecule has 0 aliphatic heterocycles. The fourth-order valence-electron chi connectivity index (χ4n) is 1.82. The zero-order valence-electron chi connectivity index (χ0n) is 10.8. The number of pyridine rings is 1. The van der Waals surface area contributed by atoms with Crippen molar-refractivity contribution in [3.63, 3.8) is 0 Å². The SMILES string of the molecule is CCC(CC)CNc1nccc(C)c1C(N)=S. The van der Waals surface area contributed by atoms with Crippen molar-refractivity contribution in [2.75, 3.05) is 11.9 Å². The minimum Gasteiger partial charge on any atom is -0.389 e. The van der Waals surface area contributed by atoms with Gasteiger partial charge in [-0.05, 0) is 24.5 Å². The summed E-state index contributed by atoms with van der Waals surface area (Å²) in [6, 6.07) is 1.93. The summed E-state index contributed by atoms with van der Waals surface area (Å²) < 4.78 is 0. The van der Waals surface area contributed by atoms with Crippen LogP contribution in [0.4, 0.5) is 5.82 Å². The summed E-state index contributed by atoms with van der Waals surface area (Å²) in [5.41, 5.74) is 7.68. The predicted molar refractivity (Wildman–Crippen MR) is 77.4 cm³/mol. The van der Waals surface area contributed by atoms with E-state index in [1.165, 1.54) is 0 Å². The highest BCUT2D eigenvalue weighted by molar-refractivity contribution is 7.80. The van der Waals surface area contributed by atoms with E-state index in [0.29, 0.717) is 10.9 Å². The highest BCUT2D eigenvalue weighted by Crippen LogP contribution is 2.17. The molecule has 3 nitrogen and oxygen atoms in total. The van der Waals surface area contributed by atoms with Gasteiger partial charge < -0.3 is 11.1 Å². The number of anilines is 1. The molecule has 0 radical (unpaired) electrons. The summed E-state index contributed by atoms with van der Waals surface area (Å²) in [6.45, 7) is 7.32. The summed E-state index contributed by atoms with van der Waals surface area (Å²) in [4.78, 5) is 4.73. The van der Waals surface area contributed by atoms with Gasteiger partial charge in [-0.3, -0.25) is 0 Å². The third-order valence-electron chi connectivity index (χ3n) is 3.12. The first-order valence-corrected chi connectivity index (χ1v) is 6.50. The zero-order valence-corrected chi connectivity index (χ0v) is 11.6. The number of nitrogens with two attached hydrogens (primary N) is 1. The van der Waals surface area contributed by atoms with Crippen molar-refractivity contribution >= 4 is 23.0 Å². The lowest BCUT2D eigenvalue weighted by Crippen LogP contribution is -2.19. The summed E-state index contributed by atoms with van der Waals surface area (Å²) in [5.74, 6) is 1.47. The first-order valence-electron chi connectivity index (χ1n) is 6.09. The third kappa shape index (κ3) is 3.66. The molecule has 0 spiro atoms. The normalized spacial score (nSPS) is 10.6. The Labute approximate surface area is 109 Å². The van der Waals surface area contributed by atoms with Gasteiger partial charge in [0.05, 0.1) is 5.56 Å². The minimum absolute atomic E-state index is 0.405. The molecular formula is C13H21N3S. The topological polar surface area (TPSA) is 50.9 Å². The van der Waals surface area contributed by atoms with Crippen molar-refractivity contribution < 1.29 is 0 Å². The third-order valence-corrected chi connectivity index (χ3v) is 3.32. The van der Waals surface area contributed by atoms with Crippen molar-refractivity contribution in [2.24, 2.45) is 11.7 Å². The van der Waals surface area contributed by atoms with Gasteiger partial charge in [-0.1, -0.05) is 38.9 Å². The van der Waals surface area contributed by atoms with E-state index in [4.69, 9.17) is 18.0 Å². The fraction of sp³-hybridized carbons (Fsp3) is 0.538. The average Bonchev–Trinajstić information content (AvgIpc) is 2.29. The highest BCUT2D eigenvalue weighted by atomic mass is 32.1. The Kier molecular flexibility index (Phi) is 5.35. The maximum atomic E-state index is 5.74. The van der Waals surface area contributed by atoms with Gasteiger partial charge in [0.15, 0.2) is 0 Å². The van der Waals surface area contributed by atoms with Crippen LogP contribution in [0.5, 0.6) is 0 Å². The fourth-order valence-corrected chi connectivity index (χ4v) is 2.08. The van der Waals surface area contributed by atoms with Gasteiger partial charge in [0, 0.05) is 12.7 Å². The molecule has 17 heavy (non-hydrogen) atoms. The van der Waals surface area contributed by atoms with Crippen molar-refractivity contribution in [3.05, 3.63) is 23.4 Å². The molecule has 0 aliphatic rings. The second kappa shape index (κ2) is 6.55. The molecule has 0 amide bonds. The van der Waals surface area contributed by atoms with Crippen molar-refractivity contribution in [2.45, 2.75) is 33.6 Å². The van der Waals surface area contributed by atoms with Crippen molar-refractivity contribution in [1.29, 1.82) is 0 Å². The van der Waals surface area contributed by atoms with Gasteiger partial charge in [-0.2, -0.15) is 0 Å². The Morgan fingerprint density at radius 3 is 2.65 bits per heavy atom. The van der Waals surface area contributed by atoms with E-state index in [0.717, 1.165) is 36.3 Å². The molecule has 1 aromatic heterocycles. The van der Waals surface area contributed by atoms with E-state index in [1.54, 1.807) is 6.20 Å². The van der Waals surface area contributed by atoms with Gasteiger partial charge in [-0.15, -0.1) is 0 Å². The molecule has 0 bridgehead atoms. The summed E-state index contributed by atoms with van der Waals surface area (Å²) in [5, 5.41) is 3.36. The van der Waals surface area contributed by atoms with Crippen LogP contribution in [0.1, 0.15) is 37.8 Å². The Morgan fingerprint density at radius 1 is 1.47 bits per heavy atom. The van der Waals surface area contributed by atoms with E-state index in [9.17, 15) is 0 Å². The second-order valence-electron chi connectivity index (χ2n) is 4.28. The number of hydrogen-bond donors (Lipinski definition) is 2. The molecule has 0 atom stereocenters. The molecule has 1 rings (SSSR count). The maximum Gasteiger partial charge on any atom is 0.136 e. The molecule has 0 saturated heterocycles. The van der Waals surface area contributed by atoms with Gasteiger partial charge in [0.25, 0.3) is 0 Å². The molecule has 1 aromatic rings. The van der Waals surface area contributed by atoms with Crippen LogP contribution in [0.25, 0.3) is 0 Å². The maximum absolute atomic E-state index is 5.74. The Morgan fingerprint density at radius 2 is 2.12 bits per heavy atom. The first-order chi connectivity index (χ1) is 8.10. The predicted octanol–water partition coefficient (Wildman–Crippen LogP) is 2.87. The lowest BCUT2D eigenvalue weighted by Gasteiger charge is -2.16. The molecule has 4 heteroatoms. The monoisotopic (exact) mass is 251 g/mol. The number of aryl methyl sites for hydroxylation is 1. The Hall–Kier alpha value is -1.16. The minimum atomic E-state index is 0.405. The molecule has 0 aromatic carbocycles. The lowest BCUT2D eigenvalue weighted by atomic mass is 10.0. The Bertz CT molecular complexity index is 386. The second-order valence-corrected chi connectivity index (χ2v) is 4.72.